The van der Waals surface area contributed by atoms with E-state index in [4.69, 9.17) is 14.7 Å². The Labute approximate surface area is 152 Å². The molecule has 0 saturated carbocycles. The Morgan fingerprint density at radius 1 is 1.15 bits per heavy atom. The van der Waals surface area contributed by atoms with Gasteiger partial charge in [-0.05, 0) is 24.6 Å². The number of nitrogens with zero attached hydrogens (tertiary/aromatic N) is 1. The molecule has 0 fully saturated rings. The fourth-order valence-corrected chi connectivity index (χ4v) is 2.45. The fourth-order valence-electron chi connectivity index (χ4n) is 2.45. The van der Waals surface area contributed by atoms with E-state index in [-0.39, 0.29) is 18.1 Å². The number of carbonyl (C=O) groups is 2. The highest BCUT2D eigenvalue weighted by molar-refractivity contribution is 5.77. The first kappa shape index (κ1) is 19.0. The summed E-state index contributed by atoms with van der Waals surface area (Å²) in [5, 5.41) is 11.7. The van der Waals surface area contributed by atoms with Gasteiger partial charge in [-0.15, -0.1) is 0 Å². The summed E-state index contributed by atoms with van der Waals surface area (Å²) in [6, 6.07) is 13.6. The van der Waals surface area contributed by atoms with Crippen LogP contribution in [0.5, 0.6) is 11.5 Å². The Morgan fingerprint density at radius 2 is 1.85 bits per heavy atom. The molecular weight excluding hydrogens is 332 g/mol. The highest BCUT2D eigenvalue weighted by atomic mass is 16.6. The van der Waals surface area contributed by atoms with Crippen molar-refractivity contribution in [3.63, 3.8) is 0 Å². The fraction of sp³-hybridized carbons (Fsp3) is 0.250. The number of carbonyl (C=O) groups excluding carboxylic acids is 2. The molecule has 2 rings (SSSR count). The number of hydrogen-bond donors (Lipinski definition) is 1. The molecule has 26 heavy (non-hydrogen) atoms. The summed E-state index contributed by atoms with van der Waals surface area (Å²) >= 11 is 0. The molecule has 0 aliphatic heterocycles. The molecule has 6 heteroatoms. The predicted molar refractivity (Wildman–Crippen MR) is 95.7 cm³/mol. The Balaban J connectivity index is 2.16. The highest BCUT2D eigenvalue weighted by Gasteiger charge is 2.20. The highest BCUT2D eigenvalue weighted by Crippen LogP contribution is 2.29. The van der Waals surface area contributed by atoms with Gasteiger partial charge in [0.05, 0.1) is 31.2 Å². The lowest BCUT2D eigenvalue weighted by atomic mass is 10.0. The van der Waals surface area contributed by atoms with Crippen LogP contribution in [0.4, 0.5) is 0 Å². The predicted octanol–water partition coefficient (Wildman–Crippen LogP) is 3.05. The standard InChI is InChI=1S/C20H20N2O4/c1-13-4-7-16(8-5-13)17(22-14(2)23)11-20(24)26-18-9-6-15(12-21)10-19(18)25-3/h4-10,17H,11H2,1-3H3,(H,22,23)/t17-/m0/s1. The lowest BCUT2D eigenvalue weighted by Gasteiger charge is -2.18. The second-order valence-corrected chi connectivity index (χ2v) is 5.82. The average molecular weight is 352 g/mol. The molecule has 1 N–H and O–H groups in total. The van der Waals surface area contributed by atoms with Gasteiger partial charge >= 0.3 is 5.97 Å². The third-order valence-corrected chi connectivity index (χ3v) is 3.74. The van der Waals surface area contributed by atoms with Crippen LogP contribution in [0.1, 0.15) is 36.1 Å². The third-order valence-electron chi connectivity index (χ3n) is 3.74. The van der Waals surface area contributed by atoms with Gasteiger partial charge in [0.2, 0.25) is 5.91 Å². The molecule has 0 bridgehead atoms. The van der Waals surface area contributed by atoms with Gasteiger partial charge in [0, 0.05) is 13.0 Å². The molecular formula is C20H20N2O4. The van der Waals surface area contributed by atoms with E-state index in [1.807, 2.05) is 37.3 Å². The number of nitrogens with one attached hydrogen (secondary N) is 1. The van der Waals surface area contributed by atoms with Crippen molar-refractivity contribution in [2.75, 3.05) is 7.11 Å². The number of benzene rings is 2. The number of nitriles is 1. The minimum atomic E-state index is -0.521. The van der Waals surface area contributed by atoms with Crippen molar-refractivity contribution in [3.05, 3.63) is 59.2 Å². The quantitative estimate of drug-likeness (QED) is 0.638. The van der Waals surface area contributed by atoms with E-state index < -0.39 is 12.0 Å². The van der Waals surface area contributed by atoms with Crippen molar-refractivity contribution in [1.29, 1.82) is 5.26 Å². The normalized spacial score (nSPS) is 11.2. The SMILES string of the molecule is COc1cc(C#N)ccc1OC(=O)C[C@H](NC(C)=O)c1ccc(C)cc1. The monoisotopic (exact) mass is 352 g/mol. The molecule has 6 nitrogen and oxygen atoms in total. The molecule has 2 aromatic carbocycles. The van der Waals surface area contributed by atoms with Gasteiger partial charge in [0.15, 0.2) is 11.5 Å². The maximum absolute atomic E-state index is 12.4. The zero-order valence-electron chi connectivity index (χ0n) is 14.9. The van der Waals surface area contributed by atoms with Gasteiger partial charge < -0.3 is 14.8 Å². The number of methoxy groups -OCH3 is 1. The van der Waals surface area contributed by atoms with E-state index >= 15 is 0 Å². The summed E-state index contributed by atoms with van der Waals surface area (Å²) in [4.78, 5) is 23.9. The zero-order chi connectivity index (χ0) is 19.1. The van der Waals surface area contributed by atoms with Gasteiger partial charge in [-0.2, -0.15) is 5.26 Å². The second kappa shape index (κ2) is 8.67. The lowest BCUT2D eigenvalue weighted by molar-refractivity contribution is -0.135. The van der Waals surface area contributed by atoms with Gasteiger partial charge in [0.25, 0.3) is 0 Å². The van der Waals surface area contributed by atoms with E-state index in [0.717, 1.165) is 11.1 Å². The Morgan fingerprint density at radius 3 is 2.42 bits per heavy atom. The molecule has 0 saturated heterocycles. The van der Waals surface area contributed by atoms with Crippen molar-refractivity contribution in [1.82, 2.24) is 5.32 Å². The number of rotatable bonds is 6. The first-order valence-electron chi connectivity index (χ1n) is 8.05. The van der Waals surface area contributed by atoms with Crippen LogP contribution in [0.2, 0.25) is 0 Å². The molecule has 0 aromatic heterocycles. The molecule has 0 heterocycles. The minimum absolute atomic E-state index is 0.0359. The van der Waals surface area contributed by atoms with Crippen LogP contribution in [-0.2, 0) is 9.59 Å². The molecule has 0 radical (unpaired) electrons. The number of ether oxygens (including phenoxy) is 2. The molecule has 1 amide bonds. The summed E-state index contributed by atoms with van der Waals surface area (Å²) in [7, 11) is 1.43. The Bertz CT molecular complexity index is 838. The van der Waals surface area contributed by atoms with E-state index in [1.165, 1.54) is 32.2 Å². The Kier molecular flexibility index (Phi) is 6.34. The lowest BCUT2D eigenvalue weighted by Crippen LogP contribution is -2.29. The largest absolute Gasteiger partial charge is 0.493 e. The summed E-state index contributed by atoms with van der Waals surface area (Å²) in [5.41, 5.74) is 2.30. The summed E-state index contributed by atoms with van der Waals surface area (Å²) in [6.07, 6.45) is -0.0359. The van der Waals surface area contributed by atoms with Crippen molar-refractivity contribution in [2.24, 2.45) is 0 Å². The molecule has 0 aliphatic rings. The van der Waals surface area contributed by atoms with Gasteiger partial charge in [-0.1, -0.05) is 29.8 Å². The smallest absolute Gasteiger partial charge is 0.313 e. The maximum Gasteiger partial charge on any atom is 0.313 e. The zero-order valence-corrected chi connectivity index (χ0v) is 14.9. The maximum atomic E-state index is 12.4. The number of hydrogen-bond acceptors (Lipinski definition) is 5. The summed E-state index contributed by atoms with van der Waals surface area (Å²) < 4.78 is 10.5. The third kappa shape index (κ3) is 5.08. The average Bonchev–Trinajstić information content (AvgIpc) is 2.61. The van der Waals surface area contributed by atoms with Crippen LogP contribution < -0.4 is 14.8 Å². The number of aryl methyl sites for hydroxylation is 1. The molecule has 134 valence electrons. The van der Waals surface area contributed by atoms with Crippen LogP contribution in [0.15, 0.2) is 42.5 Å². The van der Waals surface area contributed by atoms with E-state index in [1.54, 1.807) is 0 Å². The van der Waals surface area contributed by atoms with Crippen molar-refractivity contribution >= 4 is 11.9 Å². The summed E-state index contributed by atoms with van der Waals surface area (Å²) in [6.45, 7) is 3.36. The van der Waals surface area contributed by atoms with Crippen molar-refractivity contribution < 1.29 is 19.1 Å². The first-order chi connectivity index (χ1) is 12.4. The Hall–Kier alpha value is -3.33. The van der Waals surface area contributed by atoms with Crippen molar-refractivity contribution in [3.8, 4) is 17.6 Å². The summed E-state index contributed by atoms with van der Waals surface area (Å²) in [5.74, 6) is -0.238. The molecule has 0 spiro atoms. The molecule has 1 atom stereocenters. The van der Waals surface area contributed by atoms with E-state index in [2.05, 4.69) is 5.32 Å². The van der Waals surface area contributed by atoms with Gasteiger partial charge in [-0.3, -0.25) is 9.59 Å². The van der Waals surface area contributed by atoms with Crippen LogP contribution in [0.25, 0.3) is 0 Å². The van der Waals surface area contributed by atoms with Crippen LogP contribution in [-0.4, -0.2) is 19.0 Å². The van der Waals surface area contributed by atoms with E-state index in [0.29, 0.717) is 11.3 Å². The van der Waals surface area contributed by atoms with Crippen molar-refractivity contribution in [2.45, 2.75) is 26.3 Å². The van der Waals surface area contributed by atoms with Crippen LogP contribution in [0.3, 0.4) is 0 Å². The number of amides is 1. The van der Waals surface area contributed by atoms with E-state index in [9.17, 15) is 9.59 Å². The molecule has 0 unspecified atom stereocenters. The van der Waals surface area contributed by atoms with Gasteiger partial charge in [0.1, 0.15) is 0 Å². The van der Waals surface area contributed by atoms with Crippen LogP contribution in [0, 0.1) is 18.3 Å². The van der Waals surface area contributed by atoms with Crippen LogP contribution >= 0.6 is 0 Å². The molecule has 2 aromatic rings. The minimum Gasteiger partial charge on any atom is -0.493 e. The number of esters is 1. The molecule has 0 aliphatic carbocycles. The second-order valence-electron chi connectivity index (χ2n) is 5.82. The first-order valence-corrected chi connectivity index (χ1v) is 8.05. The van der Waals surface area contributed by atoms with Gasteiger partial charge in [-0.25, -0.2) is 0 Å². The topological polar surface area (TPSA) is 88.4 Å².